The van der Waals surface area contributed by atoms with Gasteiger partial charge in [-0.05, 0) is 72.2 Å². The van der Waals surface area contributed by atoms with Crippen molar-refractivity contribution in [2.24, 2.45) is 5.10 Å². The Bertz CT molecular complexity index is 1270. The van der Waals surface area contributed by atoms with E-state index in [-0.39, 0.29) is 5.76 Å². The molecule has 1 aromatic heterocycles. The van der Waals surface area contributed by atoms with Crippen LogP contribution >= 0.6 is 28.1 Å². The molecule has 0 radical (unpaired) electrons. The Hall–Kier alpha value is -3.50. The molecule has 10 heteroatoms. The van der Waals surface area contributed by atoms with E-state index < -0.39 is 11.8 Å². The van der Waals surface area contributed by atoms with Gasteiger partial charge in [0.25, 0.3) is 5.91 Å². The van der Waals surface area contributed by atoms with Crippen LogP contribution in [-0.2, 0) is 6.42 Å². The predicted octanol–water partition coefficient (Wildman–Crippen LogP) is 4.45. The van der Waals surface area contributed by atoms with Gasteiger partial charge in [-0.15, -0.1) is 0 Å². The first-order valence-corrected chi connectivity index (χ1v) is 11.8. The van der Waals surface area contributed by atoms with Gasteiger partial charge in [0.15, 0.2) is 10.9 Å². The number of carbonyl (C=O) groups excluding carboxylic acids is 2. The summed E-state index contributed by atoms with van der Waals surface area (Å²) in [6.07, 6.45) is 2.24. The summed E-state index contributed by atoms with van der Waals surface area (Å²) < 4.78 is 6.49. The number of nitrogens with one attached hydrogen (secondary N) is 4. The van der Waals surface area contributed by atoms with Gasteiger partial charge in [0.05, 0.1) is 11.3 Å². The molecule has 2 aromatic carbocycles. The minimum atomic E-state index is -0.541. The summed E-state index contributed by atoms with van der Waals surface area (Å²) in [5.41, 5.74) is 11.2. The highest BCUT2D eigenvalue weighted by Crippen LogP contribution is 2.29. The monoisotopic (exact) mass is 539 g/mol. The zero-order valence-corrected chi connectivity index (χ0v) is 20.7. The van der Waals surface area contributed by atoms with E-state index in [1.54, 1.807) is 31.2 Å². The molecular weight excluding hydrogens is 518 g/mol. The number of carbonyl (C=O) groups is 2. The van der Waals surface area contributed by atoms with Crippen molar-refractivity contribution in [3.8, 4) is 0 Å². The molecule has 0 aliphatic heterocycles. The molecule has 34 heavy (non-hydrogen) atoms. The van der Waals surface area contributed by atoms with E-state index in [0.717, 1.165) is 23.4 Å². The van der Waals surface area contributed by atoms with Crippen molar-refractivity contribution in [3.63, 3.8) is 0 Å². The smallest absolute Gasteiger partial charge is 0.305 e. The molecule has 0 saturated heterocycles. The molecule has 2 amide bonds. The van der Waals surface area contributed by atoms with Crippen molar-refractivity contribution in [1.29, 1.82) is 0 Å². The molecule has 4 rings (SSSR count). The van der Waals surface area contributed by atoms with Crippen LogP contribution in [0, 0.1) is 6.92 Å². The lowest BCUT2D eigenvalue weighted by Crippen LogP contribution is -2.41. The second-order valence-electron chi connectivity index (χ2n) is 7.59. The number of hydrogen-bond donors (Lipinski definition) is 4. The molecule has 3 aromatic rings. The van der Waals surface area contributed by atoms with Gasteiger partial charge in [0.2, 0.25) is 0 Å². The fourth-order valence-corrected chi connectivity index (χ4v) is 4.31. The zero-order valence-electron chi connectivity index (χ0n) is 18.3. The Morgan fingerprint density at radius 3 is 2.47 bits per heavy atom. The van der Waals surface area contributed by atoms with E-state index in [1.165, 1.54) is 0 Å². The first kappa shape index (κ1) is 23.7. The summed E-state index contributed by atoms with van der Waals surface area (Å²) in [4.78, 5) is 25.1. The second kappa shape index (κ2) is 10.6. The topological polar surface area (TPSA) is 108 Å². The maximum atomic E-state index is 12.8. The number of thiocarbonyl (C=S) groups is 1. The number of anilines is 1. The Kier molecular flexibility index (Phi) is 7.39. The largest absolute Gasteiger partial charge is 0.455 e. The first-order valence-electron chi connectivity index (χ1n) is 10.6. The number of halogens is 1. The van der Waals surface area contributed by atoms with Crippen LogP contribution in [0.2, 0.25) is 0 Å². The quantitative estimate of drug-likeness (QED) is 0.288. The molecule has 0 saturated carbocycles. The number of furan rings is 1. The lowest BCUT2D eigenvalue weighted by molar-refractivity contribution is 0.0829. The molecule has 1 aliphatic rings. The number of rotatable bonds is 4. The summed E-state index contributed by atoms with van der Waals surface area (Å²) in [6, 6.07) is 16.5. The molecule has 4 N–H and O–H groups in total. The predicted molar refractivity (Wildman–Crippen MR) is 138 cm³/mol. The van der Waals surface area contributed by atoms with Gasteiger partial charge in [-0.2, -0.15) is 5.10 Å². The van der Waals surface area contributed by atoms with Gasteiger partial charge in [0.1, 0.15) is 5.76 Å². The van der Waals surface area contributed by atoms with E-state index in [2.05, 4.69) is 42.6 Å². The van der Waals surface area contributed by atoms with E-state index in [4.69, 9.17) is 16.6 Å². The van der Waals surface area contributed by atoms with Crippen LogP contribution in [0.25, 0.3) is 0 Å². The highest BCUT2D eigenvalue weighted by molar-refractivity contribution is 9.10. The first-order chi connectivity index (χ1) is 16.4. The number of para-hydroxylation sites is 1. The summed E-state index contributed by atoms with van der Waals surface area (Å²) in [5, 5.41) is 7.91. The number of fused-ring (bicyclic) bond motifs is 1. The van der Waals surface area contributed by atoms with Crippen LogP contribution in [0.15, 0.2) is 68.6 Å². The second-order valence-corrected chi connectivity index (χ2v) is 8.85. The third kappa shape index (κ3) is 5.35. The molecule has 0 atom stereocenters. The molecule has 1 aliphatic carbocycles. The van der Waals surface area contributed by atoms with Gasteiger partial charge in [-0.25, -0.2) is 0 Å². The van der Waals surface area contributed by atoms with E-state index in [1.807, 2.05) is 30.3 Å². The summed E-state index contributed by atoms with van der Waals surface area (Å²) in [7, 11) is 0. The number of hydrazone groups is 1. The molecule has 0 bridgehead atoms. The maximum absolute atomic E-state index is 12.8. The number of hydrogen-bond acceptors (Lipinski definition) is 5. The standard InChI is InChI=1S/C24H22BrN5O3S/c1-14-20-18(27-30-24(34)26-15-8-3-2-4-9-15)12-7-13-19(20)33-21(14)23(32)29-28-22(31)16-10-5-6-11-17(16)25/h2-6,8-11H,7,12-13H2,1H3,(H,28,31)(H,29,32)(H2,26,30,34)/b27-18+. The fourth-order valence-electron chi connectivity index (χ4n) is 3.68. The molecular formula is C24H22BrN5O3S. The van der Waals surface area contributed by atoms with Gasteiger partial charge < -0.3 is 9.73 Å². The van der Waals surface area contributed by atoms with Crippen molar-refractivity contribution < 1.29 is 14.0 Å². The lowest BCUT2D eigenvalue weighted by atomic mass is 9.93. The minimum Gasteiger partial charge on any atom is -0.455 e. The van der Waals surface area contributed by atoms with Crippen LogP contribution in [0.1, 0.15) is 50.6 Å². The third-order valence-electron chi connectivity index (χ3n) is 5.26. The van der Waals surface area contributed by atoms with Crippen molar-refractivity contribution in [3.05, 3.63) is 87.3 Å². The number of amides is 2. The summed E-state index contributed by atoms with van der Waals surface area (Å²) in [6.45, 7) is 1.80. The Morgan fingerprint density at radius 2 is 1.71 bits per heavy atom. The van der Waals surface area contributed by atoms with Gasteiger partial charge in [-0.1, -0.05) is 30.3 Å². The number of benzene rings is 2. The van der Waals surface area contributed by atoms with Crippen LogP contribution in [-0.4, -0.2) is 22.6 Å². The highest BCUT2D eigenvalue weighted by atomic mass is 79.9. The van der Waals surface area contributed by atoms with Crippen molar-refractivity contribution in [2.45, 2.75) is 26.2 Å². The van der Waals surface area contributed by atoms with Gasteiger partial charge in [-0.3, -0.25) is 25.9 Å². The maximum Gasteiger partial charge on any atom is 0.305 e. The number of aryl methyl sites for hydroxylation is 1. The molecule has 1 heterocycles. The van der Waals surface area contributed by atoms with Crippen LogP contribution in [0.3, 0.4) is 0 Å². The van der Waals surface area contributed by atoms with Gasteiger partial charge in [0, 0.05) is 27.7 Å². The minimum absolute atomic E-state index is 0.136. The van der Waals surface area contributed by atoms with E-state index >= 15 is 0 Å². The van der Waals surface area contributed by atoms with E-state index in [9.17, 15) is 9.59 Å². The Balaban J connectivity index is 1.45. The summed E-state index contributed by atoms with van der Waals surface area (Å²) in [5.74, 6) is -0.160. The van der Waals surface area contributed by atoms with Crippen LogP contribution in [0.5, 0.6) is 0 Å². The number of hydrazine groups is 1. The Labute approximate surface area is 210 Å². The number of nitrogens with zero attached hydrogens (tertiary/aromatic N) is 1. The summed E-state index contributed by atoms with van der Waals surface area (Å²) >= 11 is 8.65. The van der Waals surface area contributed by atoms with E-state index in [0.29, 0.717) is 39.3 Å². The average Bonchev–Trinajstić information content (AvgIpc) is 3.19. The normalized spacial score (nSPS) is 13.6. The zero-order chi connectivity index (χ0) is 24.1. The lowest BCUT2D eigenvalue weighted by Gasteiger charge is -2.14. The van der Waals surface area contributed by atoms with Crippen molar-refractivity contribution in [2.75, 3.05) is 5.32 Å². The third-order valence-corrected chi connectivity index (χ3v) is 6.15. The fraction of sp³-hybridized carbons (Fsp3) is 0.167. The molecule has 0 unspecified atom stereocenters. The van der Waals surface area contributed by atoms with Crippen molar-refractivity contribution in [1.82, 2.24) is 16.3 Å². The van der Waals surface area contributed by atoms with Crippen LogP contribution in [0.4, 0.5) is 5.69 Å². The van der Waals surface area contributed by atoms with Gasteiger partial charge >= 0.3 is 5.91 Å². The molecule has 8 nitrogen and oxygen atoms in total. The highest BCUT2D eigenvalue weighted by Gasteiger charge is 2.28. The average molecular weight is 540 g/mol. The molecule has 0 fully saturated rings. The van der Waals surface area contributed by atoms with Crippen molar-refractivity contribution >= 4 is 56.5 Å². The molecule has 174 valence electrons. The van der Waals surface area contributed by atoms with Crippen LogP contribution < -0.4 is 21.6 Å². The Morgan fingerprint density at radius 1 is 1.00 bits per heavy atom. The SMILES string of the molecule is Cc1c(C(=O)NNC(=O)c2ccccc2Br)oc2c1/C(=N/NC(=S)Nc1ccccc1)CCC2. The molecule has 0 spiro atoms.